The van der Waals surface area contributed by atoms with Gasteiger partial charge in [0.05, 0.1) is 39.0 Å². The monoisotopic (exact) mass is 518 g/mol. The number of aliphatic hydroxyl groups is 7. The molecule has 0 saturated carbocycles. The third kappa shape index (κ3) is 6.91. The van der Waals surface area contributed by atoms with E-state index in [-0.39, 0.29) is 6.61 Å². The van der Waals surface area contributed by atoms with Gasteiger partial charge in [0.2, 0.25) is 0 Å². The minimum absolute atomic E-state index is 0.245. The van der Waals surface area contributed by atoms with E-state index in [4.69, 9.17) is 23.7 Å². The summed E-state index contributed by atoms with van der Waals surface area (Å²) < 4.78 is 27.6. The summed E-state index contributed by atoms with van der Waals surface area (Å²) in [6, 6.07) is 7.74. The molecule has 36 heavy (non-hydrogen) atoms. The summed E-state index contributed by atoms with van der Waals surface area (Å²) >= 11 is 0. The molecular formula is C24H38O12. The molecule has 0 radical (unpaired) electrons. The van der Waals surface area contributed by atoms with Crippen molar-refractivity contribution in [3.05, 3.63) is 29.8 Å². The largest absolute Gasteiger partial charge is 0.497 e. The van der Waals surface area contributed by atoms with Gasteiger partial charge in [-0.1, -0.05) is 12.1 Å². The summed E-state index contributed by atoms with van der Waals surface area (Å²) in [7, 11) is 1.61. The molecule has 2 aliphatic heterocycles. The molecule has 206 valence electrons. The van der Waals surface area contributed by atoms with Crippen molar-refractivity contribution < 1.29 is 59.4 Å². The Morgan fingerprint density at radius 3 is 2.03 bits per heavy atom. The molecule has 2 heterocycles. The number of unbranched alkanes of at least 4 members (excludes halogenated alkanes) is 1. The highest BCUT2D eigenvalue weighted by Crippen LogP contribution is 2.32. The summed E-state index contributed by atoms with van der Waals surface area (Å²) in [5.74, 6) is -0.320. The minimum Gasteiger partial charge on any atom is -0.497 e. The number of hydrogen-bond acceptors (Lipinski definition) is 12. The second kappa shape index (κ2) is 13.9. The molecule has 0 aliphatic carbocycles. The lowest BCUT2D eigenvalue weighted by Gasteiger charge is -2.46. The van der Waals surface area contributed by atoms with Crippen LogP contribution in [0.5, 0.6) is 5.75 Å². The van der Waals surface area contributed by atoms with Gasteiger partial charge in [-0.3, -0.25) is 0 Å². The van der Waals surface area contributed by atoms with Gasteiger partial charge in [-0.25, -0.2) is 0 Å². The van der Waals surface area contributed by atoms with E-state index < -0.39 is 81.0 Å². The highest BCUT2D eigenvalue weighted by Gasteiger charge is 2.50. The second-order valence-electron chi connectivity index (χ2n) is 9.04. The first kappa shape index (κ1) is 29.1. The Labute approximate surface area is 209 Å². The van der Waals surface area contributed by atoms with E-state index in [0.717, 1.165) is 24.2 Å². The molecule has 2 aliphatic rings. The summed E-state index contributed by atoms with van der Waals surface area (Å²) in [4.78, 5) is 0. The van der Waals surface area contributed by atoms with Crippen LogP contribution in [0.25, 0.3) is 0 Å². The number of rotatable bonds is 12. The Hall–Kier alpha value is -1.42. The van der Waals surface area contributed by atoms with Crippen LogP contribution in [0.3, 0.4) is 0 Å². The number of ether oxygens (including phenoxy) is 5. The maximum absolute atomic E-state index is 10.7. The van der Waals surface area contributed by atoms with Gasteiger partial charge < -0.3 is 59.4 Å². The van der Waals surface area contributed by atoms with Crippen LogP contribution in [-0.2, 0) is 25.4 Å². The van der Waals surface area contributed by atoms with E-state index >= 15 is 0 Å². The number of aliphatic hydroxyl groups excluding tert-OH is 7. The highest BCUT2D eigenvalue weighted by molar-refractivity contribution is 5.27. The molecule has 0 amide bonds. The number of benzene rings is 1. The molecular weight excluding hydrogens is 480 g/mol. The molecule has 3 rings (SSSR count). The molecule has 1 aromatic carbocycles. The molecule has 0 spiro atoms. The standard InChI is InChI=1S/C24H38O12/c1-32-14-7-5-13(6-8-14)4-2-3-9-33-24-21(31)20(30)22(17(12-27)35-24)36-23-15(10-25)18(28)19(29)16(11-26)34-23/h5-8,15-31H,2-4,9-12H2,1H3. The van der Waals surface area contributed by atoms with E-state index in [0.29, 0.717) is 6.42 Å². The Morgan fingerprint density at radius 2 is 1.42 bits per heavy atom. The zero-order valence-electron chi connectivity index (χ0n) is 20.2. The summed E-state index contributed by atoms with van der Waals surface area (Å²) in [6.07, 6.45) is -9.89. The maximum atomic E-state index is 10.7. The molecule has 2 fully saturated rings. The first-order valence-electron chi connectivity index (χ1n) is 12.1. The summed E-state index contributed by atoms with van der Waals surface area (Å²) in [5, 5.41) is 70.4. The third-order valence-electron chi connectivity index (χ3n) is 6.63. The van der Waals surface area contributed by atoms with Crippen LogP contribution in [0.4, 0.5) is 0 Å². The quantitative estimate of drug-likeness (QED) is 0.150. The molecule has 12 heteroatoms. The zero-order valence-corrected chi connectivity index (χ0v) is 20.2. The van der Waals surface area contributed by atoms with Crippen LogP contribution in [0.1, 0.15) is 18.4 Å². The summed E-state index contributed by atoms with van der Waals surface area (Å²) in [5.41, 5.74) is 1.15. The zero-order chi connectivity index (χ0) is 26.2. The Kier molecular flexibility index (Phi) is 11.3. The molecule has 7 N–H and O–H groups in total. The molecule has 12 nitrogen and oxygen atoms in total. The van der Waals surface area contributed by atoms with Crippen LogP contribution in [0, 0.1) is 5.92 Å². The fourth-order valence-electron chi connectivity index (χ4n) is 4.40. The average Bonchev–Trinajstić information content (AvgIpc) is 2.90. The Balaban J connectivity index is 1.52. The minimum atomic E-state index is -1.56. The number of methoxy groups -OCH3 is 1. The topological polar surface area (TPSA) is 188 Å². The lowest BCUT2D eigenvalue weighted by Crippen LogP contribution is -2.63. The Morgan fingerprint density at radius 1 is 0.750 bits per heavy atom. The van der Waals surface area contributed by atoms with Crippen molar-refractivity contribution >= 4 is 0 Å². The highest BCUT2D eigenvalue weighted by atomic mass is 16.7. The van der Waals surface area contributed by atoms with Gasteiger partial charge in [0.1, 0.15) is 42.4 Å². The van der Waals surface area contributed by atoms with Crippen LogP contribution in [0.2, 0.25) is 0 Å². The molecule has 2 saturated heterocycles. The predicted octanol–water partition coefficient (Wildman–Crippen LogP) is -2.09. The van der Waals surface area contributed by atoms with Crippen LogP contribution >= 0.6 is 0 Å². The first-order chi connectivity index (χ1) is 17.3. The van der Waals surface area contributed by atoms with Crippen molar-refractivity contribution in [2.24, 2.45) is 5.92 Å². The van der Waals surface area contributed by atoms with Gasteiger partial charge >= 0.3 is 0 Å². The van der Waals surface area contributed by atoms with Crippen LogP contribution in [0.15, 0.2) is 24.3 Å². The molecule has 0 bridgehead atoms. The predicted molar refractivity (Wildman–Crippen MR) is 123 cm³/mol. The average molecular weight is 519 g/mol. The van der Waals surface area contributed by atoms with Crippen LogP contribution in [-0.4, -0.2) is 125 Å². The summed E-state index contributed by atoms with van der Waals surface area (Å²) in [6.45, 7) is -1.59. The first-order valence-corrected chi connectivity index (χ1v) is 12.1. The van der Waals surface area contributed by atoms with E-state index in [1.807, 2.05) is 24.3 Å². The van der Waals surface area contributed by atoms with Gasteiger partial charge in [-0.15, -0.1) is 0 Å². The van der Waals surface area contributed by atoms with Crippen molar-refractivity contribution in [3.63, 3.8) is 0 Å². The van der Waals surface area contributed by atoms with Gasteiger partial charge in [0.15, 0.2) is 12.6 Å². The van der Waals surface area contributed by atoms with E-state index in [2.05, 4.69) is 0 Å². The molecule has 0 aromatic heterocycles. The van der Waals surface area contributed by atoms with Gasteiger partial charge in [0, 0.05) is 6.61 Å². The maximum Gasteiger partial charge on any atom is 0.186 e. The Bertz CT molecular complexity index is 762. The van der Waals surface area contributed by atoms with Gasteiger partial charge in [-0.05, 0) is 37.0 Å². The smallest absolute Gasteiger partial charge is 0.186 e. The van der Waals surface area contributed by atoms with Crippen molar-refractivity contribution in [2.45, 2.75) is 74.6 Å². The van der Waals surface area contributed by atoms with Crippen LogP contribution < -0.4 is 4.74 Å². The van der Waals surface area contributed by atoms with Crippen molar-refractivity contribution in [1.29, 1.82) is 0 Å². The lowest BCUT2D eigenvalue weighted by molar-refractivity contribution is -0.355. The number of hydrogen-bond donors (Lipinski definition) is 7. The van der Waals surface area contributed by atoms with Crippen molar-refractivity contribution in [1.82, 2.24) is 0 Å². The van der Waals surface area contributed by atoms with Gasteiger partial charge in [-0.2, -0.15) is 0 Å². The molecule has 10 unspecified atom stereocenters. The number of aryl methyl sites for hydroxylation is 1. The fourth-order valence-corrected chi connectivity index (χ4v) is 4.40. The molecule has 10 atom stereocenters. The normalized spacial score (nSPS) is 37.1. The van der Waals surface area contributed by atoms with Gasteiger partial charge in [0.25, 0.3) is 0 Å². The van der Waals surface area contributed by atoms with E-state index in [9.17, 15) is 35.7 Å². The lowest BCUT2D eigenvalue weighted by atomic mass is 9.91. The van der Waals surface area contributed by atoms with Crippen molar-refractivity contribution in [2.75, 3.05) is 33.5 Å². The SMILES string of the molecule is COc1ccc(CCCCOC2OC(CO)C(OC3OC(CO)C(O)C(O)C3CO)C(O)C2O)cc1. The second-order valence-corrected chi connectivity index (χ2v) is 9.04. The van der Waals surface area contributed by atoms with E-state index in [1.54, 1.807) is 7.11 Å². The van der Waals surface area contributed by atoms with E-state index in [1.165, 1.54) is 0 Å². The third-order valence-corrected chi connectivity index (χ3v) is 6.63. The fraction of sp³-hybridized carbons (Fsp3) is 0.750. The van der Waals surface area contributed by atoms with Crippen molar-refractivity contribution in [3.8, 4) is 5.75 Å². The molecule has 1 aromatic rings.